The summed E-state index contributed by atoms with van der Waals surface area (Å²) in [5.74, 6) is -0.364. The lowest BCUT2D eigenvalue weighted by Gasteiger charge is -2.37. The van der Waals surface area contributed by atoms with Crippen molar-refractivity contribution >= 4 is 29.6 Å². The fraction of sp³-hybridized carbons (Fsp3) is 0.328. The minimum Gasteiger partial charge on any atom is -0.449 e. The molecular weight excluding hydrogens is 840 g/mol. The van der Waals surface area contributed by atoms with Crippen molar-refractivity contribution in [3.05, 3.63) is 201 Å². The molecule has 2 amide bonds. The minimum atomic E-state index is -1.21. The van der Waals surface area contributed by atoms with Crippen LogP contribution in [0.2, 0.25) is 5.02 Å². The van der Waals surface area contributed by atoms with Crippen molar-refractivity contribution in [2.24, 2.45) is 0 Å². The van der Waals surface area contributed by atoms with Crippen LogP contribution in [0.25, 0.3) is 11.1 Å². The van der Waals surface area contributed by atoms with E-state index < -0.39 is 17.7 Å². The second kappa shape index (κ2) is 22.3. The lowest BCUT2D eigenvalue weighted by molar-refractivity contribution is -0.153. The first-order chi connectivity index (χ1) is 32.3. The molecule has 4 aliphatic rings. The van der Waals surface area contributed by atoms with Crippen LogP contribution >= 0.6 is 11.6 Å². The van der Waals surface area contributed by atoms with E-state index in [0.29, 0.717) is 43.8 Å². The Morgan fingerprint density at radius 1 is 0.742 bits per heavy atom. The predicted octanol–water partition coefficient (Wildman–Crippen LogP) is 13.3. The van der Waals surface area contributed by atoms with Gasteiger partial charge in [0.05, 0.1) is 0 Å². The van der Waals surface area contributed by atoms with Crippen molar-refractivity contribution in [3.8, 4) is 11.1 Å². The third kappa shape index (κ3) is 11.1. The van der Waals surface area contributed by atoms with E-state index in [4.69, 9.17) is 21.1 Å². The first kappa shape index (κ1) is 46.4. The average Bonchev–Trinajstić information content (AvgIpc) is 3.55. The highest BCUT2D eigenvalue weighted by atomic mass is 35.5. The molecule has 8 heteroatoms. The minimum absolute atomic E-state index is 0.0375. The quantitative estimate of drug-likeness (QED) is 0.0843. The number of amides is 2. The zero-order valence-electron chi connectivity index (χ0n) is 38.1. The van der Waals surface area contributed by atoms with E-state index >= 15 is 0 Å². The van der Waals surface area contributed by atoms with Gasteiger partial charge in [0.2, 0.25) is 5.91 Å². The van der Waals surface area contributed by atoms with E-state index in [9.17, 15) is 14.4 Å². The number of aryl methyl sites for hydroxylation is 1. The number of halogens is 1. The summed E-state index contributed by atoms with van der Waals surface area (Å²) in [6.45, 7) is 3.67. The molecule has 1 heterocycles. The van der Waals surface area contributed by atoms with Crippen LogP contribution in [0.15, 0.2) is 168 Å². The molecule has 0 saturated carbocycles. The van der Waals surface area contributed by atoms with E-state index in [2.05, 4.69) is 66.0 Å². The summed E-state index contributed by atoms with van der Waals surface area (Å²) in [5, 5.41) is 3.52. The number of carbonyl (C=O) groups excluding carboxylic acids is 3. The highest BCUT2D eigenvalue weighted by molar-refractivity contribution is 6.31. The second-order valence-corrected chi connectivity index (χ2v) is 18.2. The number of allylic oxidation sites excluding steroid dienone is 10. The smallest absolute Gasteiger partial charge is 0.407 e. The number of fused-ring (bicyclic) bond motifs is 3. The number of rotatable bonds is 17. The SMILES string of the molecule is Cc1ccc(C(OC(=O)CCCCCC2=CCC=C(CC[C@H](NC(=O)OCC3c4ccccc4-c4ccccc43)C(=O)N3CCCCC3)C=C2)(C2=CCC=CC=C2)c2ccccc2Cl)cc1. The van der Waals surface area contributed by atoms with Gasteiger partial charge in [-0.3, -0.25) is 9.59 Å². The van der Waals surface area contributed by atoms with Gasteiger partial charge in [0.15, 0.2) is 5.60 Å². The molecule has 340 valence electrons. The van der Waals surface area contributed by atoms with Crippen LogP contribution in [0, 0.1) is 6.92 Å². The Kier molecular flexibility index (Phi) is 15.7. The standard InChI is InChI=1S/C58H61ClN2O5/c1-42-31-36-46(37-32-42)58(45-22-7-2-3-8-23-45,52-28-14-15-29-53(52)59)66-55(62)30-9-4-6-19-43-20-18-21-44(34-33-43)35-38-54(56(63)61-39-16-5-17-40-61)60-57(64)65-41-51-49-26-12-10-24-47(49)48-25-11-13-27-50(48)51/h2-3,7,10-15,20-29,31-34,36-37,51,54H,4-6,8-9,16-19,30,35,38-41H2,1H3,(H,60,64)/t54-,58?/m0/s1. The van der Waals surface area contributed by atoms with Crippen LogP contribution < -0.4 is 5.32 Å². The molecule has 3 aliphatic carbocycles. The summed E-state index contributed by atoms with van der Waals surface area (Å²) in [6.07, 6.45) is 27.8. The Balaban J connectivity index is 0.841. The Morgan fingerprint density at radius 3 is 2.15 bits per heavy atom. The Hall–Kier alpha value is -6.18. The van der Waals surface area contributed by atoms with Crippen LogP contribution in [-0.4, -0.2) is 48.6 Å². The van der Waals surface area contributed by atoms with Crippen LogP contribution in [0.1, 0.15) is 111 Å². The molecule has 2 atom stereocenters. The highest BCUT2D eigenvalue weighted by Gasteiger charge is 2.43. The first-order valence-corrected chi connectivity index (χ1v) is 24.2. The van der Waals surface area contributed by atoms with Crippen molar-refractivity contribution in [3.63, 3.8) is 0 Å². The van der Waals surface area contributed by atoms with Gasteiger partial charge in [0.25, 0.3) is 0 Å². The molecule has 4 aromatic rings. The van der Waals surface area contributed by atoms with Crippen molar-refractivity contribution in [2.75, 3.05) is 19.7 Å². The predicted molar refractivity (Wildman–Crippen MR) is 265 cm³/mol. The summed E-state index contributed by atoms with van der Waals surface area (Å²) in [7, 11) is 0. The molecule has 8 rings (SSSR count). The van der Waals surface area contributed by atoms with Crippen molar-refractivity contribution in [2.45, 2.75) is 102 Å². The Morgan fingerprint density at radius 2 is 1.42 bits per heavy atom. The van der Waals surface area contributed by atoms with Gasteiger partial charge < -0.3 is 19.7 Å². The van der Waals surface area contributed by atoms with Gasteiger partial charge in [-0.2, -0.15) is 0 Å². The lowest BCUT2D eigenvalue weighted by atomic mass is 9.78. The summed E-state index contributed by atoms with van der Waals surface area (Å²) < 4.78 is 12.6. The maximum absolute atomic E-state index is 13.9. The number of nitrogens with zero attached hydrogens (tertiary/aromatic N) is 1. The average molecular weight is 902 g/mol. The number of benzene rings is 4. The van der Waals surface area contributed by atoms with Gasteiger partial charge in [0, 0.05) is 47.2 Å². The number of ether oxygens (including phenoxy) is 2. The topological polar surface area (TPSA) is 84.9 Å². The number of unbranched alkanes of at least 4 members (excludes halogenated alkanes) is 2. The van der Waals surface area contributed by atoms with E-state index in [1.54, 1.807) is 0 Å². The number of esters is 1. The number of piperidine rings is 1. The zero-order valence-corrected chi connectivity index (χ0v) is 38.8. The zero-order chi connectivity index (χ0) is 45.7. The monoisotopic (exact) mass is 900 g/mol. The van der Waals surface area contributed by atoms with Gasteiger partial charge >= 0.3 is 12.1 Å². The molecule has 1 fully saturated rings. The van der Waals surface area contributed by atoms with Crippen LogP contribution in [0.5, 0.6) is 0 Å². The van der Waals surface area contributed by atoms with Crippen LogP contribution in [0.3, 0.4) is 0 Å². The largest absolute Gasteiger partial charge is 0.449 e. The first-order valence-electron chi connectivity index (χ1n) is 23.8. The number of carbonyl (C=O) groups is 3. The Labute approximate surface area is 395 Å². The number of nitrogens with one attached hydrogen (secondary N) is 1. The van der Waals surface area contributed by atoms with Gasteiger partial charge in [-0.05, 0) is 99.5 Å². The summed E-state index contributed by atoms with van der Waals surface area (Å²) in [4.78, 5) is 43.2. The molecule has 4 aromatic carbocycles. The summed E-state index contributed by atoms with van der Waals surface area (Å²) in [5.41, 5.74) is 9.40. The van der Waals surface area contributed by atoms with Gasteiger partial charge in [-0.15, -0.1) is 0 Å². The lowest BCUT2D eigenvalue weighted by Crippen LogP contribution is -2.50. The molecule has 66 heavy (non-hydrogen) atoms. The molecule has 1 aliphatic heterocycles. The number of alkyl carbamates (subject to hydrolysis) is 1. The van der Waals surface area contributed by atoms with Crippen molar-refractivity contribution < 1.29 is 23.9 Å². The van der Waals surface area contributed by atoms with Crippen molar-refractivity contribution in [1.82, 2.24) is 10.2 Å². The number of hydrogen-bond donors (Lipinski definition) is 1. The number of hydrogen-bond acceptors (Lipinski definition) is 5. The molecule has 0 radical (unpaired) electrons. The molecule has 1 unspecified atom stereocenters. The van der Waals surface area contributed by atoms with Crippen LogP contribution in [-0.2, 0) is 24.7 Å². The van der Waals surface area contributed by atoms with Crippen LogP contribution in [0.4, 0.5) is 4.79 Å². The maximum Gasteiger partial charge on any atom is 0.407 e. The molecule has 0 spiro atoms. The summed E-state index contributed by atoms with van der Waals surface area (Å²) >= 11 is 6.91. The number of likely N-dealkylation sites (tertiary alicyclic amines) is 1. The maximum atomic E-state index is 13.9. The Bertz CT molecular complexity index is 2510. The second-order valence-electron chi connectivity index (χ2n) is 17.8. The van der Waals surface area contributed by atoms with Gasteiger partial charge in [-0.1, -0.05) is 180 Å². The third-order valence-corrected chi connectivity index (χ3v) is 13.7. The molecule has 0 bridgehead atoms. The molecule has 7 nitrogen and oxygen atoms in total. The van der Waals surface area contributed by atoms with E-state index in [1.807, 2.05) is 103 Å². The van der Waals surface area contributed by atoms with Crippen molar-refractivity contribution in [1.29, 1.82) is 0 Å². The summed E-state index contributed by atoms with van der Waals surface area (Å²) in [6, 6.07) is 31.7. The van der Waals surface area contributed by atoms with E-state index in [1.165, 1.54) is 16.7 Å². The highest BCUT2D eigenvalue weighted by Crippen LogP contribution is 2.46. The fourth-order valence-corrected chi connectivity index (χ4v) is 10.1. The molecule has 1 saturated heterocycles. The normalized spacial score (nSPS) is 16.9. The molecule has 0 aromatic heterocycles. The van der Waals surface area contributed by atoms with Gasteiger partial charge in [0.1, 0.15) is 12.6 Å². The third-order valence-electron chi connectivity index (χ3n) is 13.3. The van der Waals surface area contributed by atoms with Gasteiger partial charge in [-0.25, -0.2) is 4.79 Å². The molecule has 1 N–H and O–H groups in total. The molecular formula is C58H61ClN2O5. The van der Waals surface area contributed by atoms with E-state index in [0.717, 1.165) is 83.9 Å². The van der Waals surface area contributed by atoms with E-state index in [-0.39, 0.29) is 30.8 Å². The fourth-order valence-electron chi connectivity index (χ4n) is 9.79.